The van der Waals surface area contributed by atoms with Gasteiger partial charge in [0, 0.05) is 31.3 Å². The van der Waals surface area contributed by atoms with Gasteiger partial charge in [-0.2, -0.15) is 5.10 Å². The van der Waals surface area contributed by atoms with Crippen LogP contribution in [0.1, 0.15) is 68.9 Å². The van der Waals surface area contributed by atoms with Gasteiger partial charge in [0.15, 0.2) is 5.69 Å². The van der Waals surface area contributed by atoms with Crippen molar-refractivity contribution in [2.45, 2.75) is 65.5 Å². The van der Waals surface area contributed by atoms with E-state index in [9.17, 15) is 9.59 Å². The Morgan fingerprint density at radius 3 is 2.52 bits per heavy atom. The molecule has 0 saturated heterocycles. The van der Waals surface area contributed by atoms with E-state index in [1.54, 1.807) is 16.8 Å². The van der Waals surface area contributed by atoms with Crippen LogP contribution >= 0.6 is 0 Å². The van der Waals surface area contributed by atoms with Crippen molar-refractivity contribution in [1.82, 2.24) is 20.0 Å². The normalized spacial score (nSPS) is 14.0. The molecule has 180 valence electrons. The Kier molecular flexibility index (Phi) is 7.05. The van der Waals surface area contributed by atoms with Crippen molar-refractivity contribution >= 4 is 12.0 Å². The molecule has 3 rings (SSSR count). The summed E-state index contributed by atoms with van der Waals surface area (Å²) in [5.41, 5.74) is 2.51. The van der Waals surface area contributed by atoms with Gasteiger partial charge in [-0.05, 0) is 37.8 Å². The predicted molar refractivity (Wildman–Crippen MR) is 127 cm³/mol. The van der Waals surface area contributed by atoms with Crippen LogP contribution < -0.4 is 4.74 Å². The number of rotatable bonds is 5. The molecule has 1 aromatic carbocycles. The van der Waals surface area contributed by atoms with Crippen molar-refractivity contribution in [1.29, 1.82) is 0 Å². The molecular weight excluding hydrogens is 420 g/mol. The molecule has 8 heteroatoms. The number of benzene rings is 1. The predicted octanol–water partition coefficient (Wildman–Crippen LogP) is 4.15. The number of ether oxygens (including phenoxy) is 2. The van der Waals surface area contributed by atoms with Crippen LogP contribution in [0.4, 0.5) is 4.79 Å². The number of likely N-dealkylation sites (N-methyl/N-ethyl adjacent to an activating group) is 1. The number of carbonyl (C=O) groups excluding carboxylic acids is 2. The zero-order valence-corrected chi connectivity index (χ0v) is 20.8. The Morgan fingerprint density at radius 2 is 1.85 bits per heavy atom. The first kappa shape index (κ1) is 24.6. The van der Waals surface area contributed by atoms with Gasteiger partial charge in [0.05, 0.1) is 13.1 Å². The van der Waals surface area contributed by atoms with Crippen LogP contribution in [-0.4, -0.2) is 64.3 Å². The highest BCUT2D eigenvalue weighted by molar-refractivity contribution is 5.94. The van der Waals surface area contributed by atoms with E-state index in [4.69, 9.17) is 9.47 Å². The molecule has 2 amide bonds. The van der Waals surface area contributed by atoms with E-state index in [1.165, 1.54) is 0 Å². The third-order valence-electron chi connectivity index (χ3n) is 5.51. The smallest absolute Gasteiger partial charge is 0.410 e. The minimum Gasteiger partial charge on any atom is -0.491 e. The molecule has 33 heavy (non-hydrogen) atoms. The fourth-order valence-corrected chi connectivity index (χ4v) is 3.74. The fourth-order valence-electron chi connectivity index (χ4n) is 3.74. The van der Waals surface area contributed by atoms with E-state index < -0.39 is 5.60 Å². The lowest BCUT2D eigenvalue weighted by atomic mass is 9.86. The van der Waals surface area contributed by atoms with Crippen LogP contribution in [0.25, 0.3) is 0 Å². The maximum absolute atomic E-state index is 13.1. The molecule has 0 radical (unpaired) electrons. The lowest BCUT2D eigenvalue weighted by Crippen LogP contribution is -2.40. The molecule has 1 aromatic heterocycles. The first-order chi connectivity index (χ1) is 15.4. The second kappa shape index (κ2) is 9.45. The maximum Gasteiger partial charge on any atom is 0.410 e. The topological polar surface area (TPSA) is 87.8 Å². The minimum absolute atomic E-state index is 0.0353. The summed E-state index contributed by atoms with van der Waals surface area (Å²) in [5, 5.41) is 7.23. The van der Waals surface area contributed by atoms with Gasteiger partial charge in [0.1, 0.15) is 18.0 Å². The fraction of sp³-hybridized carbons (Fsp3) is 0.560. The average Bonchev–Trinajstić information content (AvgIpc) is 3.14. The van der Waals surface area contributed by atoms with Crippen LogP contribution in [0.5, 0.6) is 5.75 Å². The number of fused-ring (bicyclic) bond motifs is 1. The zero-order valence-electron chi connectivity index (χ0n) is 20.8. The van der Waals surface area contributed by atoms with Gasteiger partial charge < -0.3 is 19.3 Å². The molecular formula is C25H36N4O4. The van der Waals surface area contributed by atoms with Crippen molar-refractivity contribution in [3.8, 4) is 5.75 Å². The van der Waals surface area contributed by atoms with Crippen molar-refractivity contribution in [2.75, 3.05) is 26.7 Å². The Bertz CT molecular complexity index is 1000. The quantitative estimate of drug-likeness (QED) is 0.730. The average molecular weight is 457 g/mol. The number of amides is 2. The highest BCUT2D eigenvalue weighted by Crippen LogP contribution is 2.31. The van der Waals surface area contributed by atoms with Crippen molar-refractivity contribution in [3.63, 3.8) is 0 Å². The summed E-state index contributed by atoms with van der Waals surface area (Å²) in [6.07, 6.45) is 0.220. The summed E-state index contributed by atoms with van der Waals surface area (Å²) in [7, 11) is 1.73. The van der Waals surface area contributed by atoms with Crippen LogP contribution in [-0.2, 0) is 23.1 Å². The number of nitrogens with one attached hydrogen (secondary N) is 1. The summed E-state index contributed by atoms with van der Waals surface area (Å²) in [6.45, 7) is 13.5. The third-order valence-corrected chi connectivity index (χ3v) is 5.51. The highest BCUT2D eigenvalue weighted by Gasteiger charge is 2.31. The second-order valence-corrected chi connectivity index (χ2v) is 10.5. The SMILES string of the molecule is CN(CCOc1ccccc1C(C)(C)C)C(=O)c1n[nH]c2c1CN(C(=O)OC(C)(C)C)CC2. The van der Waals surface area contributed by atoms with Gasteiger partial charge in [0.2, 0.25) is 0 Å². The summed E-state index contributed by atoms with van der Waals surface area (Å²) in [4.78, 5) is 28.8. The number of aromatic nitrogens is 2. The Morgan fingerprint density at radius 1 is 1.15 bits per heavy atom. The van der Waals surface area contributed by atoms with E-state index in [0.717, 1.165) is 22.6 Å². The summed E-state index contributed by atoms with van der Waals surface area (Å²) in [5.74, 6) is 0.627. The Labute approximate surface area is 196 Å². The van der Waals surface area contributed by atoms with Gasteiger partial charge in [-0.15, -0.1) is 0 Å². The molecule has 1 aliphatic rings. The summed E-state index contributed by atoms with van der Waals surface area (Å²) < 4.78 is 11.5. The van der Waals surface area contributed by atoms with E-state index in [2.05, 4.69) is 37.0 Å². The van der Waals surface area contributed by atoms with Crippen LogP contribution in [0, 0.1) is 0 Å². The number of carbonyl (C=O) groups is 2. The molecule has 1 N–H and O–H groups in total. The van der Waals surface area contributed by atoms with E-state index in [1.807, 2.05) is 39.0 Å². The zero-order chi connectivity index (χ0) is 24.4. The van der Waals surface area contributed by atoms with Gasteiger partial charge in [0.25, 0.3) is 5.91 Å². The first-order valence-electron chi connectivity index (χ1n) is 11.4. The number of para-hydroxylation sites is 1. The monoisotopic (exact) mass is 456 g/mol. The standard InChI is InChI=1S/C25H36N4O4/c1-24(2,3)18-10-8-9-11-20(18)32-15-14-28(7)22(30)21-17-16-29(13-12-19(17)26-27-21)23(31)33-25(4,5)6/h8-11H,12-16H2,1-7H3,(H,26,27). The lowest BCUT2D eigenvalue weighted by molar-refractivity contribution is 0.0222. The van der Waals surface area contributed by atoms with Crippen LogP contribution in [0.15, 0.2) is 24.3 Å². The number of nitrogens with zero attached hydrogens (tertiary/aromatic N) is 3. The van der Waals surface area contributed by atoms with Crippen molar-refractivity contribution in [3.05, 3.63) is 46.8 Å². The van der Waals surface area contributed by atoms with Crippen LogP contribution in [0.2, 0.25) is 0 Å². The highest BCUT2D eigenvalue weighted by atomic mass is 16.6. The molecule has 0 saturated carbocycles. The molecule has 0 fully saturated rings. The minimum atomic E-state index is -0.571. The first-order valence-corrected chi connectivity index (χ1v) is 11.4. The molecule has 8 nitrogen and oxygen atoms in total. The van der Waals surface area contributed by atoms with Gasteiger partial charge in [-0.25, -0.2) is 4.79 Å². The third kappa shape index (κ3) is 6.06. The van der Waals surface area contributed by atoms with E-state index >= 15 is 0 Å². The van der Waals surface area contributed by atoms with E-state index in [-0.39, 0.29) is 17.4 Å². The molecule has 2 heterocycles. The molecule has 0 spiro atoms. The number of hydrogen-bond donors (Lipinski definition) is 1. The van der Waals surface area contributed by atoms with Crippen molar-refractivity contribution < 1.29 is 19.1 Å². The largest absolute Gasteiger partial charge is 0.491 e. The van der Waals surface area contributed by atoms with E-state index in [0.29, 0.717) is 38.4 Å². The summed E-state index contributed by atoms with van der Waals surface area (Å²) in [6, 6.07) is 7.98. The second-order valence-electron chi connectivity index (χ2n) is 10.5. The van der Waals surface area contributed by atoms with Crippen molar-refractivity contribution in [2.24, 2.45) is 0 Å². The summed E-state index contributed by atoms with van der Waals surface area (Å²) >= 11 is 0. The molecule has 0 atom stereocenters. The number of H-pyrrole nitrogens is 1. The molecule has 0 bridgehead atoms. The Balaban J connectivity index is 1.63. The Hall–Kier alpha value is -3.03. The number of hydrogen-bond acceptors (Lipinski definition) is 5. The number of aromatic amines is 1. The molecule has 1 aliphatic heterocycles. The van der Waals surface area contributed by atoms with Gasteiger partial charge in [-0.1, -0.05) is 39.0 Å². The van der Waals surface area contributed by atoms with Gasteiger partial charge in [-0.3, -0.25) is 9.89 Å². The molecule has 0 aliphatic carbocycles. The lowest BCUT2D eigenvalue weighted by Gasteiger charge is -2.30. The molecule has 2 aromatic rings. The van der Waals surface area contributed by atoms with Crippen LogP contribution in [0.3, 0.4) is 0 Å². The maximum atomic E-state index is 13.1. The molecule has 0 unspecified atom stereocenters. The van der Waals surface area contributed by atoms with Gasteiger partial charge >= 0.3 is 6.09 Å².